The van der Waals surface area contributed by atoms with E-state index in [9.17, 15) is 12.8 Å². The lowest BCUT2D eigenvalue weighted by molar-refractivity contribution is 0.571. The molecule has 2 heterocycles. The fourth-order valence-electron chi connectivity index (χ4n) is 1.88. The van der Waals surface area contributed by atoms with Crippen LogP contribution in [0, 0.1) is 5.82 Å². The van der Waals surface area contributed by atoms with Gasteiger partial charge in [-0.15, -0.1) is 10.2 Å². The van der Waals surface area contributed by atoms with E-state index >= 15 is 0 Å². The van der Waals surface area contributed by atoms with Crippen molar-refractivity contribution in [3.8, 4) is 22.7 Å². The van der Waals surface area contributed by atoms with Gasteiger partial charge in [0.15, 0.2) is 27.0 Å². The van der Waals surface area contributed by atoms with Crippen molar-refractivity contribution in [3.63, 3.8) is 0 Å². The zero-order valence-corrected chi connectivity index (χ0v) is 12.2. The number of nitrogens with zero attached hydrogens (tertiary/aromatic N) is 3. The Morgan fingerprint density at radius 3 is 2.36 bits per heavy atom. The molecule has 0 spiro atoms. The molecule has 0 saturated heterocycles. The van der Waals surface area contributed by atoms with Gasteiger partial charge in [0.1, 0.15) is 17.2 Å². The lowest BCUT2D eigenvalue weighted by Gasteiger charge is -2.01. The van der Waals surface area contributed by atoms with Gasteiger partial charge in [0.2, 0.25) is 0 Å². The average molecular weight is 319 g/mol. The van der Waals surface area contributed by atoms with Crippen LogP contribution in [0.1, 0.15) is 0 Å². The Morgan fingerprint density at radius 2 is 1.77 bits per heavy atom. The van der Waals surface area contributed by atoms with Gasteiger partial charge in [0.25, 0.3) is 0 Å². The fraction of sp³-hybridized carbons (Fsp3) is 0.0714. The first-order valence-corrected chi connectivity index (χ1v) is 8.08. The lowest BCUT2D eigenvalue weighted by atomic mass is 10.1. The van der Waals surface area contributed by atoms with Gasteiger partial charge in [0, 0.05) is 11.8 Å². The maximum atomic E-state index is 13.0. The van der Waals surface area contributed by atoms with E-state index < -0.39 is 9.84 Å². The maximum Gasteiger partial charge on any atom is 0.194 e. The van der Waals surface area contributed by atoms with Crippen molar-refractivity contribution < 1.29 is 17.2 Å². The predicted octanol–water partition coefficient (Wildman–Crippen LogP) is 2.34. The van der Waals surface area contributed by atoms with Crippen LogP contribution in [0.2, 0.25) is 0 Å². The zero-order valence-electron chi connectivity index (χ0n) is 11.4. The molecule has 0 saturated carbocycles. The molecule has 0 amide bonds. The summed E-state index contributed by atoms with van der Waals surface area (Å²) < 4.78 is 41.1. The minimum Gasteiger partial charge on any atom is -0.443 e. The van der Waals surface area contributed by atoms with Crippen LogP contribution in [-0.2, 0) is 9.84 Å². The summed E-state index contributed by atoms with van der Waals surface area (Å²) in [6.45, 7) is 0. The smallest absolute Gasteiger partial charge is 0.194 e. The summed E-state index contributed by atoms with van der Waals surface area (Å²) in [4.78, 5) is 4.06. The van der Waals surface area contributed by atoms with Crippen LogP contribution in [-0.4, -0.2) is 29.9 Å². The number of rotatable bonds is 3. The van der Waals surface area contributed by atoms with Crippen molar-refractivity contribution in [2.24, 2.45) is 0 Å². The highest BCUT2D eigenvalue weighted by molar-refractivity contribution is 7.90. The number of oxazole rings is 1. The molecule has 0 atom stereocenters. The SMILES string of the molecule is CS(=O)(=O)c1ccc(-c2ncoc2-c2ccc(F)cc2)nn1. The van der Waals surface area contributed by atoms with Gasteiger partial charge >= 0.3 is 0 Å². The molecule has 3 aromatic rings. The molecular formula is C14H10FN3O3S. The molecular weight excluding hydrogens is 309 g/mol. The highest BCUT2D eigenvalue weighted by Crippen LogP contribution is 2.29. The predicted molar refractivity (Wildman–Crippen MR) is 76.0 cm³/mol. The number of hydrogen-bond acceptors (Lipinski definition) is 6. The summed E-state index contributed by atoms with van der Waals surface area (Å²) in [5, 5.41) is 7.42. The summed E-state index contributed by atoms with van der Waals surface area (Å²) in [5.74, 6) is 0.0449. The van der Waals surface area contributed by atoms with Gasteiger partial charge in [-0.3, -0.25) is 0 Å². The Hall–Kier alpha value is -2.61. The topological polar surface area (TPSA) is 86.0 Å². The highest BCUT2D eigenvalue weighted by Gasteiger charge is 2.16. The van der Waals surface area contributed by atoms with Crippen LogP contribution in [0.15, 0.2) is 52.2 Å². The molecule has 8 heteroatoms. The van der Waals surface area contributed by atoms with E-state index in [0.29, 0.717) is 22.7 Å². The van der Waals surface area contributed by atoms with E-state index in [0.717, 1.165) is 6.26 Å². The Kier molecular flexibility index (Phi) is 3.45. The second kappa shape index (κ2) is 5.30. The largest absolute Gasteiger partial charge is 0.443 e. The van der Waals surface area contributed by atoms with Crippen molar-refractivity contribution >= 4 is 9.84 Å². The number of benzene rings is 1. The van der Waals surface area contributed by atoms with Crippen molar-refractivity contribution in [1.29, 1.82) is 0 Å². The molecule has 0 N–H and O–H groups in total. The number of halogens is 1. The Bertz CT molecular complexity index is 903. The van der Waals surface area contributed by atoms with Crippen LogP contribution in [0.25, 0.3) is 22.7 Å². The molecule has 22 heavy (non-hydrogen) atoms. The van der Waals surface area contributed by atoms with E-state index in [1.807, 2.05) is 0 Å². The van der Waals surface area contributed by atoms with Crippen LogP contribution >= 0.6 is 0 Å². The van der Waals surface area contributed by atoms with Crippen molar-refractivity contribution in [3.05, 3.63) is 48.6 Å². The summed E-state index contributed by atoms with van der Waals surface area (Å²) in [6, 6.07) is 8.56. The molecule has 1 aromatic carbocycles. The Labute approximate surface area is 125 Å². The quantitative estimate of drug-likeness (QED) is 0.736. The summed E-state index contributed by atoms with van der Waals surface area (Å²) in [6.07, 6.45) is 2.29. The van der Waals surface area contributed by atoms with Gasteiger partial charge in [0.05, 0.1) is 0 Å². The third-order valence-electron chi connectivity index (χ3n) is 2.94. The van der Waals surface area contributed by atoms with E-state index in [1.165, 1.54) is 30.7 Å². The first kappa shape index (κ1) is 14.3. The van der Waals surface area contributed by atoms with E-state index in [1.54, 1.807) is 12.1 Å². The number of sulfone groups is 1. The molecule has 0 fully saturated rings. The highest BCUT2D eigenvalue weighted by atomic mass is 32.2. The Morgan fingerprint density at radius 1 is 1.05 bits per heavy atom. The number of hydrogen-bond donors (Lipinski definition) is 0. The molecule has 0 aliphatic carbocycles. The zero-order chi connectivity index (χ0) is 15.7. The summed E-state index contributed by atoms with van der Waals surface area (Å²) >= 11 is 0. The second-order valence-corrected chi connectivity index (χ2v) is 6.53. The molecule has 2 aromatic heterocycles. The summed E-state index contributed by atoms with van der Waals surface area (Å²) in [5.41, 5.74) is 1.39. The third kappa shape index (κ3) is 2.73. The molecule has 0 bridgehead atoms. The fourth-order valence-corrected chi connectivity index (χ4v) is 2.38. The van der Waals surface area contributed by atoms with E-state index in [4.69, 9.17) is 4.42 Å². The van der Waals surface area contributed by atoms with Gasteiger partial charge in [-0.2, -0.15) is 0 Å². The molecule has 0 aliphatic heterocycles. The lowest BCUT2D eigenvalue weighted by Crippen LogP contribution is -2.02. The van der Waals surface area contributed by atoms with Gasteiger partial charge in [-0.05, 0) is 36.4 Å². The van der Waals surface area contributed by atoms with E-state index in [2.05, 4.69) is 15.2 Å². The molecule has 112 valence electrons. The average Bonchev–Trinajstić information content (AvgIpc) is 2.97. The molecule has 3 rings (SSSR count). The molecule has 0 radical (unpaired) electrons. The minimum atomic E-state index is -3.41. The van der Waals surface area contributed by atoms with Crippen LogP contribution in [0.3, 0.4) is 0 Å². The van der Waals surface area contributed by atoms with Crippen molar-refractivity contribution in [1.82, 2.24) is 15.2 Å². The first-order chi connectivity index (χ1) is 10.4. The van der Waals surface area contributed by atoms with Crippen LogP contribution in [0.4, 0.5) is 4.39 Å². The monoisotopic (exact) mass is 319 g/mol. The minimum absolute atomic E-state index is 0.122. The van der Waals surface area contributed by atoms with Gasteiger partial charge < -0.3 is 4.42 Å². The van der Waals surface area contributed by atoms with E-state index in [-0.39, 0.29) is 10.8 Å². The van der Waals surface area contributed by atoms with Crippen molar-refractivity contribution in [2.45, 2.75) is 5.03 Å². The maximum absolute atomic E-state index is 13.0. The standard InChI is InChI=1S/C14H10FN3O3S/c1-22(19,20)12-7-6-11(17-18-12)13-14(21-8-16-13)9-2-4-10(15)5-3-9/h2-8H,1H3. The molecule has 0 aliphatic rings. The first-order valence-electron chi connectivity index (χ1n) is 6.19. The van der Waals surface area contributed by atoms with Crippen LogP contribution < -0.4 is 0 Å². The number of aromatic nitrogens is 3. The van der Waals surface area contributed by atoms with Crippen LogP contribution in [0.5, 0.6) is 0 Å². The molecule has 0 unspecified atom stereocenters. The second-order valence-electron chi connectivity index (χ2n) is 4.57. The van der Waals surface area contributed by atoms with Gasteiger partial charge in [-0.1, -0.05) is 0 Å². The third-order valence-corrected chi connectivity index (χ3v) is 3.91. The summed E-state index contributed by atoms with van der Waals surface area (Å²) in [7, 11) is -3.41. The Balaban J connectivity index is 2.03. The molecule has 6 nitrogen and oxygen atoms in total. The van der Waals surface area contributed by atoms with Crippen molar-refractivity contribution in [2.75, 3.05) is 6.26 Å². The normalized spacial score (nSPS) is 11.5. The van der Waals surface area contributed by atoms with Gasteiger partial charge in [-0.25, -0.2) is 17.8 Å².